The van der Waals surface area contributed by atoms with Crippen LogP contribution in [0.5, 0.6) is 0 Å². The van der Waals surface area contributed by atoms with Crippen molar-refractivity contribution in [2.24, 2.45) is 17.3 Å². The minimum absolute atomic E-state index is 0.00410. The van der Waals surface area contributed by atoms with E-state index >= 15 is 0 Å². The minimum atomic E-state index is -2.04. The van der Waals surface area contributed by atoms with Crippen molar-refractivity contribution in [2.45, 2.75) is 150 Å². The summed E-state index contributed by atoms with van der Waals surface area (Å²) in [5.41, 5.74) is -0.724. The minimum Gasteiger partial charge on any atom is -0.462 e. The van der Waals surface area contributed by atoms with E-state index in [4.69, 9.17) is 18.6 Å². The number of carbonyl (C=O) groups excluding carboxylic acids is 2. The van der Waals surface area contributed by atoms with E-state index in [0.717, 1.165) is 6.42 Å². The van der Waals surface area contributed by atoms with Crippen LogP contribution in [0.2, 0.25) is 18.1 Å². The summed E-state index contributed by atoms with van der Waals surface area (Å²) in [5, 5.41) is 0.0684. The number of esters is 2. The smallest absolute Gasteiger partial charge is 0.309 e. The van der Waals surface area contributed by atoms with Crippen molar-refractivity contribution in [3.05, 3.63) is 12.7 Å². The number of hydrogen-bond acceptors (Lipinski definition) is 6. The summed E-state index contributed by atoms with van der Waals surface area (Å²) in [6.45, 7) is 28.5. The summed E-state index contributed by atoms with van der Waals surface area (Å²) in [6.07, 6.45) is 2.15. The summed E-state index contributed by atoms with van der Waals surface area (Å²) in [5.74, 6) is 11.5. The molecule has 0 aliphatic carbocycles. The number of hydrogen-bond donors (Lipinski definition) is 0. The molecule has 41 heavy (non-hydrogen) atoms. The molecule has 0 aromatic carbocycles. The topological polar surface area (TPSA) is 71.1 Å². The molecular formula is C34H56O6Si. The van der Waals surface area contributed by atoms with Crippen LogP contribution in [0.15, 0.2) is 12.7 Å². The van der Waals surface area contributed by atoms with Crippen LogP contribution in [0.4, 0.5) is 0 Å². The van der Waals surface area contributed by atoms with Gasteiger partial charge in [-0.15, -0.1) is 23.7 Å². The summed E-state index contributed by atoms with van der Waals surface area (Å²) < 4.78 is 25.2. The van der Waals surface area contributed by atoms with Crippen LogP contribution in [-0.2, 0) is 28.2 Å². The lowest BCUT2D eigenvalue weighted by Crippen LogP contribution is -2.52. The molecule has 1 saturated heterocycles. The van der Waals surface area contributed by atoms with Crippen molar-refractivity contribution >= 4 is 20.3 Å². The SMILES string of the molecule is C=C[C@@H](OC(=O)C[C@@H]1O[C@H](CC#CC)C[C@H](O[Si](C)(C)C(C)(C)C)[C@H]1C)C(C)(C)[C@@H](C[C@@H](C)C#CC)OC(=O)CC. The van der Waals surface area contributed by atoms with Crippen molar-refractivity contribution in [1.29, 1.82) is 0 Å². The van der Waals surface area contributed by atoms with Gasteiger partial charge in [0.15, 0.2) is 8.32 Å². The lowest BCUT2D eigenvalue weighted by atomic mass is 9.77. The fourth-order valence-corrected chi connectivity index (χ4v) is 6.27. The van der Waals surface area contributed by atoms with Gasteiger partial charge in [0, 0.05) is 30.1 Å². The predicted octanol–water partition coefficient (Wildman–Crippen LogP) is 7.47. The van der Waals surface area contributed by atoms with Gasteiger partial charge in [-0.25, -0.2) is 0 Å². The largest absolute Gasteiger partial charge is 0.462 e. The molecule has 0 saturated carbocycles. The Morgan fingerprint density at radius 3 is 2.24 bits per heavy atom. The molecule has 232 valence electrons. The van der Waals surface area contributed by atoms with E-state index in [-0.39, 0.29) is 60.0 Å². The van der Waals surface area contributed by atoms with Crippen LogP contribution in [0.3, 0.4) is 0 Å². The highest BCUT2D eigenvalue weighted by atomic mass is 28.4. The molecule has 0 unspecified atom stereocenters. The first kappa shape index (κ1) is 37.0. The lowest BCUT2D eigenvalue weighted by molar-refractivity contribution is -0.174. The van der Waals surface area contributed by atoms with Gasteiger partial charge in [-0.2, -0.15) is 0 Å². The van der Waals surface area contributed by atoms with Gasteiger partial charge in [0.05, 0.1) is 24.7 Å². The van der Waals surface area contributed by atoms with Crippen LogP contribution >= 0.6 is 0 Å². The maximum atomic E-state index is 13.4. The van der Waals surface area contributed by atoms with Gasteiger partial charge in [-0.3, -0.25) is 9.59 Å². The molecule has 0 radical (unpaired) electrons. The number of ether oxygens (including phenoxy) is 3. The van der Waals surface area contributed by atoms with E-state index < -0.39 is 25.9 Å². The van der Waals surface area contributed by atoms with Gasteiger partial charge in [-0.1, -0.05) is 68.0 Å². The monoisotopic (exact) mass is 588 g/mol. The number of rotatable bonds is 13. The van der Waals surface area contributed by atoms with E-state index in [1.165, 1.54) is 0 Å². The summed E-state index contributed by atoms with van der Waals surface area (Å²) >= 11 is 0. The van der Waals surface area contributed by atoms with E-state index in [1.807, 2.05) is 27.7 Å². The molecular weight excluding hydrogens is 532 g/mol. The molecule has 1 aliphatic heterocycles. The normalized spacial score (nSPS) is 23.5. The second kappa shape index (κ2) is 16.0. The van der Waals surface area contributed by atoms with Crippen molar-refractivity contribution in [1.82, 2.24) is 0 Å². The molecule has 0 spiro atoms. The molecule has 0 N–H and O–H groups in total. The van der Waals surface area contributed by atoms with Crippen molar-refractivity contribution in [2.75, 3.05) is 0 Å². The van der Waals surface area contributed by atoms with Gasteiger partial charge in [0.1, 0.15) is 12.2 Å². The lowest BCUT2D eigenvalue weighted by Gasteiger charge is -2.46. The third-order valence-electron chi connectivity index (χ3n) is 8.72. The van der Waals surface area contributed by atoms with Crippen molar-refractivity contribution < 1.29 is 28.2 Å². The zero-order chi connectivity index (χ0) is 31.6. The molecule has 7 atom stereocenters. The van der Waals surface area contributed by atoms with Crippen molar-refractivity contribution in [3.63, 3.8) is 0 Å². The third-order valence-corrected chi connectivity index (χ3v) is 13.2. The highest BCUT2D eigenvalue weighted by Crippen LogP contribution is 2.41. The fraction of sp³-hybridized carbons (Fsp3) is 0.765. The van der Waals surface area contributed by atoms with Crippen LogP contribution in [0, 0.1) is 40.9 Å². The van der Waals surface area contributed by atoms with Crippen LogP contribution in [0.25, 0.3) is 0 Å². The molecule has 7 heteroatoms. The van der Waals surface area contributed by atoms with E-state index in [0.29, 0.717) is 12.8 Å². The fourth-order valence-electron chi connectivity index (χ4n) is 4.84. The Labute approximate surface area is 251 Å². The molecule has 1 aliphatic rings. The van der Waals surface area contributed by atoms with E-state index in [9.17, 15) is 9.59 Å². The Hall–Kier alpha value is -2.06. The Morgan fingerprint density at radius 2 is 1.73 bits per heavy atom. The second-order valence-corrected chi connectivity index (χ2v) is 18.2. The molecule has 1 fully saturated rings. The number of carbonyl (C=O) groups is 2. The van der Waals surface area contributed by atoms with Gasteiger partial charge in [0.2, 0.25) is 0 Å². The average molecular weight is 589 g/mol. The summed E-state index contributed by atoms with van der Waals surface area (Å²) in [4.78, 5) is 25.7. The summed E-state index contributed by atoms with van der Waals surface area (Å²) in [7, 11) is -2.04. The Balaban J connectivity index is 3.16. The second-order valence-electron chi connectivity index (χ2n) is 13.5. The van der Waals surface area contributed by atoms with Crippen LogP contribution in [-0.4, -0.2) is 50.8 Å². The zero-order valence-electron chi connectivity index (χ0n) is 27.8. The molecule has 1 rings (SSSR count). The average Bonchev–Trinajstić information content (AvgIpc) is 2.87. The molecule has 0 aromatic heterocycles. The molecule has 0 bridgehead atoms. The third kappa shape index (κ3) is 10.9. The first-order chi connectivity index (χ1) is 18.9. The first-order valence-corrected chi connectivity index (χ1v) is 18.0. The molecule has 0 aromatic rings. The molecule has 0 amide bonds. The van der Waals surface area contributed by atoms with Gasteiger partial charge in [-0.05, 0) is 44.8 Å². The maximum absolute atomic E-state index is 13.4. The highest BCUT2D eigenvalue weighted by molar-refractivity contribution is 6.74. The van der Waals surface area contributed by atoms with Crippen LogP contribution < -0.4 is 0 Å². The van der Waals surface area contributed by atoms with E-state index in [2.05, 4.69) is 71.0 Å². The Bertz CT molecular complexity index is 1000. The molecule has 6 nitrogen and oxygen atoms in total. The van der Waals surface area contributed by atoms with Gasteiger partial charge in [0.25, 0.3) is 0 Å². The molecule has 1 heterocycles. The Kier molecular flexibility index (Phi) is 14.4. The standard InChI is InChI=1S/C34H56O6Si/c1-14-18-20-26-22-28(40-41(12,13)33(7,8)9)25(6)27(37-26)23-32(36)38-29(16-3)34(10,11)30(39-31(35)17-4)21-24(5)19-15-2/h16,24-30H,3,17,20-23H2,1-2,4-13H3/t24-,25-,26+,27-,28-,29+,30+/m0/s1. The zero-order valence-corrected chi connectivity index (χ0v) is 28.8. The Morgan fingerprint density at radius 1 is 1.10 bits per heavy atom. The first-order valence-electron chi connectivity index (χ1n) is 15.1. The summed E-state index contributed by atoms with van der Waals surface area (Å²) in [6, 6.07) is 0. The van der Waals surface area contributed by atoms with Crippen LogP contribution in [0.1, 0.15) is 101 Å². The van der Waals surface area contributed by atoms with Gasteiger partial charge >= 0.3 is 11.9 Å². The maximum Gasteiger partial charge on any atom is 0.309 e. The predicted molar refractivity (Wildman–Crippen MR) is 168 cm³/mol. The van der Waals surface area contributed by atoms with E-state index in [1.54, 1.807) is 19.9 Å². The van der Waals surface area contributed by atoms with Gasteiger partial charge < -0.3 is 18.6 Å². The highest BCUT2D eigenvalue weighted by Gasteiger charge is 2.46. The quantitative estimate of drug-likeness (QED) is 0.0962. The van der Waals surface area contributed by atoms with Crippen molar-refractivity contribution in [3.8, 4) is 23.7 Å².